The standard InChI is InChI=1S/C36H37F4N7O3/c1-20-3-6-26-25(12-41-44-26)27(20)28-23(22-4-5-22)11-24-29(30(28)50-19-36(38,39)40)42-33(47-15-35(16-47)17-49-18-35)43-31(24)45-9-7-34(8-10-45)13-46(14-34)32(48)21(2)37/h3,6,11-12,22H,2,4-5,7-10,13-19H2,1H3,(H,41,44). The third-order valence-corrected chi connectivity index (χ3v) is 11.3. The fourth-order valence-corrected chi connectivity index (χ4v) is 8.40. The molecule has 0 atom stereocenters. The quantitative estimate of drug-likeness (QED) is 0.185. The van der Waals surface area contributed by atoms with Gasteiger partial charge in [0.2, 0.25) is 5.95 Å². The highest BCUT2D eigenvalue weighted by Gasteiger charge is 2.51. The fraction of sp³-hybridized carbons (Fsp3) is 0.500. The molecule has 1 N–H and O–H groups in total. The number of fused-ring (bicyclic) bond motifs is 2. The van der Waals surface area contributed by atoms with E-state index in [1.165, 1.54) is 4.90 Å². The Balaban J connectivity index is 1.19. The van der Waals surface area contributed by atoms with Crippen LogP contribution in [0, 0.1) is 17.8 Å². The molecule has 4 aromatic rings. The molecule has 2 aromatic carbocycles. The first-order valence-corrected chi connectivity index (χ1v) is 17.1. The number of carbonyl (C=O) groups excluding carboxylic acids is 1. The van der Waals surface area contributed by atoms with Gasteiger partial charge < -0.3 is 24.2 Å². The number of amides is 1. The summed E-state index contributed by atoms with van der Waals surface area (Å²) in [7, 11) is 0. The molecule has 4 saturated heterocycles. The van der Waals surface area contributed by atoms with E-state index >= 15 is 0 Å². The number of benzene rings is 2. The van der Waals surface area contributed by atoms with Crippen LogP contribution in [-0.2, 0) is 9.53 Å². The van der Waals surface area contributed by atoms with E-state index in [2.05, 4.69) is 32.6 Å². The number of halogens is 4. The van der Waals surface area contributed by atoms with Crippen molar-refractivity contribution in [1.82, 2.24) is 25.1 Å². The van der Waals surface area contributed by atoms with Crippen LogP contribution in [0.4, 0.5) is 29.3 Å². The molecule has 0 unspecified atom stereocenters. The zero-order chi connectivity index (χ0) is 34.6. The van der Waals surface area contributed by atoms with E-state index in [0.29, 0.717) is 80.7 Å². The maximum atomic E-state index is 14.0. The Morgan fingerprint density at radius 3 is 2.42 bits per heavy atom. The number of aromatic nitrogens is 4. The van der Waals surface area contributed by atoms with Crippen LogP contribution in [0.15, 0.2) is 36.8 Å². The summed E-state index contributed by atoms with van der Waals surface area (Å²) in [6.07, 6.45) is 0.481. The summed E-state index contributed by atoms with van der Waals surface area (Å²) >= 11 is 0. The van der Waals surface area contributed by atoms with Crippen LogP contribution in [0.5, 0.6) is 5.75 Å². The van der Waals surface area contributed by atoms with Crippen LogP contribution in [-0.4, -0.2) is 96.2 Å². The van der Waals surface area contributed by atoms with Gasteiger partial charge in [0.25, 0.3) is 5.91 Å². The van der Waals surface area contributed by atoms with Gasteiger partial charge in [-0.15, -0.1) is 0 Å². The highest BCUT2D eigenvalue weighted by Crippen LogP contribution is 2.54. The molecule has 4 aliphatic heterocycles. The van der Waals surface area contributed by atoms with Crippen molar-refractivity contribution in [2.75, 3.05) is 68.9 Å². The first kappa shape index (κ1) is 31.5. The van der Waals surface area contributed by atoms with Crippen molar-refractivity contribution < 1.29 is 31.8 Å². The van der Waals surface area contributed by atoms with E-state index in [1.807, 2.05) is 19.1 Å². The van der Waals surface area contributed by atoms with Crippen molar-refractivity contribution in [3.05, 3.63) is 47.9 Å². The molecular weight excluding hydrogens is 654 g/mol. The number of aryl methyl sites for hydroxylation is 1. The molecule has 0 bridgehead atoms. The van der Waals surface area contributed by atoms with Gasteiger partial charge in [0.05, 0.1) is 30.3 Å². The highest BCUT2D eigenvalue weighted by molar-refractivity contribution is 6.06. The summed E-state index contributed by atoms with van der Waals surface area (Å²) in [6.45, 7) is 8.55. The molecule has 5 aliphatic rings. The van der Waals surface area contributed by atoms with E-state index in [-0.39, 0.29) is 22.5 Å². The Labute approximate surface area is 285 Å². The van der Waals surface area contributed by atoms with Crippen molar-refractivity contribution in [3.63, 3.8) is 0 Å². The number of hydrogen-bond donors (Lipinski definition) is 1. The average molecular weight is 692 g/mol. The Hall–Kier alpha value is -4.46. The van der Waals surface area contributed by atoms with Crippen LogP contribution in [0.3, 0.4) is 0 Å². The first-order valence-electron chi connectivity index (χ1n) is 17.1. The van der Waals surface area contributed by atoms with E-state index < -0.39 is 24.5 Å². The lowest BCUT2D eigenvalue weighted by atomic mass is 9.72. The summed E-state index contributed by atoms with van der Waals surface area (Å²) < 4.78 is 66.9. The zero-order valence-electron chi connectivity index (χ0n) is 27.7. The SMILES string of the molecule is C=C(F)C(=O)N1CC2(CCN(c3nc(N4CC5(COC5)C4)nc4c(OCC(F)(F)F)c(-c5c(C)ccc6[nH]ncc56)c(C5CC5)cc34)CC2)C1. The molecule has 1 amide bonds. The van der Waals surface area contributed by atoms with Gasteiger partial charge in [-0.3, -0.25) is 9.89 Å². The van der Waals surface area contributed by atoms with E-state index in [0.717, 1.165) is 53.3 Å². The molecule has 14 heteroatoms. The number of ether oxygens (including phenoxy) is 2. The number of likely N-dealkylation sites (tertiary alicyclic amines) is 1. The number of aromatic amines is 1. The molecule has 0 radical (unpaired) electrons. The second-order valence-corrected chi connectivity index (χ2v) is 15.1. The Morgan fingerprint density at radius 2 is 1.78 bits per heavy atom. The Morgan fingerprint density at radius 1 is 1.04 bits per heavy atom. The Kier molecular flexibility index (Phi) is 6.95. The minimum absolute atomic E-state index is 0.0546. The second-order valence-electron chi connectivity index (χ2n) is 15.1. The van der Waals surface area contributed by atoms with Gasteiger partial charge >= 0.3 is 6.18 Å². The average Bonchev–Trinajstić information content (AvgIpc) is 3.76. The van der Waals surface area contributed by atoms with Crippen LogP contribution in [0.25, 0.3) is 32.9 Å². The van der Waals surface area contributed by atoms with Gasteiger partial charge in [-0.1, -0.05) is 12.6 Å². The molecule has 262 valence electrons. The number of alkyl halides is 3. The third kappa shape index (κ3) is 5.16. The number of nitrogens with zero attached hydrogens (tertiary/aromatic N) is 6. The summed E-state index contributed by atoms with van der Waals surface area (Å²) in [4.78, 5) is 28.1. The highest BCUT2D eigenvalue weighted by atomic mass is 19.4. The molecule has 2 aromatic heterocycles. The molecule has 6 heterocycles. The maximum Gasteiger partial charge on any atom is 0.422 e. The van der Waals surface area contributed by atoms with Gasteiger partial charge in [0, 0.05) is 61.0 Å². The van der Waals surface area contributed by atoms with Crippen molar-refractivity contribution >= 4 is 39.5 Å². The van der Waals surface area contributed by atoms with Gasteiger partial charge in [-0.2, -0.15) is 23.3 Å². The minimum Gasteiger partial charge on any atom is -0.481 e. The van der Waals surface area contributed by atoms with Crippen molar-refractivity contribution in [2.24, 2.45) is 10.8 Å². The second kappa shape index (κ2) is 11.0. The molecule has 9 rings (SSSR count). The normalized spacial score (nSPS) is 21.0. The first-order chi connectivity index (χ1) is 23.9. The monoisotopic (exact) mass is 691 g/mol. The molecule has 5 fully saturated rings. The van der Waals surface area contributed by atoms with Crippen molar-refractivity contribution in [1.29, 1.82) is 0 Å². The van der Waals surface area contributed by atoms with Crippen LogP contribution >= 0.6 is 0 Å². The Bertz CT molecular complexity index is 2050. The van der Waals surface area contributed by atoms with Crippen LogP contribution < -0.4 is 14.5 Å². The van der Waals surface area contributed by atoms with Crippen LogP contribution in [0.2, 0.25) is 0 Å². The lowest BCUT2D eigenvalue weighted by Gasteiger charge is -2.55. The molecule has 1 aliphatic carbocycles. The van der Waals surface area contributed by atoms with E-state index in [1.54, 1.807) is 6.20 Å². The van der Waals surface area contributed by atoms with E-state index in [4.69, 9.17) is 19.4 Å². The number of H-pyrrole nitrogens is 1. The third-order valence-electron chi connectivity index (χ3n) is 11.3. The summed E-state index contributed by atoms with van der Waals surface area (Å²) in [5.41, 5.74) is 4.30. The molecule has 50 heavy (non-hydrogen) atoms. The van der Waals surface area contributed by atoms with Gasteiger partial charge in [-0.05, 0) is 67.3 Å². The zero-order valence-corrected chi connectivity index (χ0v) is 27.7. The predicted molar refractivity (Wildman–Crippen MR) is 179 cm³/mol. The molecule has 2 spiro atoms. The van der Waals surface area contributed by atoms with Gasteiger partial charge in [0.15, 0.2) is 18.2 Å². The predicted octanol–water partition coefficient (Wildman–Crippen LogP) is 6.05. The summed E-state index contributed by atoms with van der Waals surface area (Å²) in [5.74, 6) is -0.236. The number of anilines is 2. The minimum atomic E-state index is -4.57. The number of piperidine rings is 1. The lowest BCUT2D eigenvalue weighted by Crippen LogP contribution is -2.66. The number of nitrogens with one attached hydrogen (secondary N) is 1. The smallest absolute Gasteiger partial charge is 0.422 e. The molecule has 1 saturated carbocycles. The van der Waals surface area contributed by atoms with Gasteiger partial charge in [-0.25, -0.2) is 9.37 Å². The number of carbonyl (C=O) groups is 1. The summed E-state index contributed by atoms with van der Waals surface area (Å²) in [6, 6.07) is 5.95. The maximum absolute atomic E-state index is 14.0. The van der Waals surface area contributed by atoms with Crippen LogP contribution in [0.1, 0.15) is 42.7 Å². The number of rotatable bonds is 7. The molecular formula is C36H37F4N7O3. The summed E-state index contributed by atoms with van der Waals surface area (Å²) in [5, 5.41) is 8.73. The van der Waals surface area contributed by atoms with Gasteiger partial charge in [0.1, 0.15) is 11.3 Å². The van der Waals surface area contributed by atoms with Crippen molar-refractivity contribution in [3.8, 4) is 16.9 Å². The largest absolute Gasteiger partial charge is 0.481 e. The van der Waals surface area contributed by atoms with Crippen molar-refractivity contribution in [2.45, 2.75) is 44.7 Å². The fourth-order valence-electron chi connectivity index (χ4n) is 8.40. The van der Waals surface area contributed by atoms with E-state index in [9.17, 15) is 22.4 Å². The topological polar surface area (TPSA) is 99.7 Å². The molecule has 10 nitrogen and oxygen atoms in total. The lowest BCUT2D eigenvalue weighted by molar-refractivity contribution is -0.153. The number of hydrogen-bond acceptors (Lipinski definition) is 8.